The second-order valence-electron chi connectivity index (χ2n) is 2.52. The normalized spacial score (nSPS) is 9.25. The van der Waals surface area contributed by atoms with Gasteiger partial charge in [-0.25, -0.2) is 9.00 Å². The summed E-state index contributed by atoms with van der Waals surface area (Å²) in [6.07, 6.45) is 0. The summed E-state index contributed by atoms with van der Waals surface area (Å²) in [5.41, 5.74) is 12.2. The van der Waals surface area contributed by atoms with Gasteiger partial charge < -0.3 is 16.2 Å². The molecule has 0 atom stereocenters. The second-order valence-corrected chi connectivity index (χ2v) is 5.04. The smallest absolute Gasteiger partial charge is 0.337 e. The Morgan fingerprint density at radius 2 is 1.81 bits per heavy atom. The molecule has 0 aromatic heterocycles. The van der Waals surface area contributed by atoms with Crippen LogP contribution in [-0.2, 0) is 14.0 Å². The van der Waals surface area contributed by atoms with Gasteiger partial charge in [-0.1, -0.05) is 0 Å². The fraction of sp³-hybridized carbons (Fsp3) is 0.125. The Kier molecular flexibility index (Phi) is 6.87. The SMILES string of the molecule is COC(=O)c1ccc(N)c(N)c1.O=S(Cl)Cl. The van der Waals surface area contributed by atoms with Crippen LogP contribution >= 0.6 is 21.4 Å². The van der Waals surface area contributed by atoms with Crippen molar-refractivity contribution in [3.8, 4) is 0 Å². The zero-order valence-corrected chi connectivity index (χ0v) is 10.6. The number of carbonyl (C=O) groups excluding carboxylic acids is 1. The largest absolute Gasteiger partial charge is 0.465 e. The highest BCUT2D eigenvalue weighted by atomic mass is 36.0. The van der Waals surface area contributed by atoms with Crippen molar-refractivity contribution < 1.29 is 13.7 Å². The van der Waals surface area contributed by atoms with Gasteiger partial charge in [0, 0.05) is 21.4 Å². The Hall–Kier alpha value is -0.980. The summed E-state index contributed by atoms with van der Waals surface area (Å²) >= 11 is 0. The molecule has 90 valence electrons. The quantitative estimate of drug-likeness (QED) is 0.465. The summed E-state index contributed by atoms with van der Waals surface area (Å²) in [5.74, 6) is -0.415. The standard InChI is InChI=1S/C8H10N2O2.Cl2OS/c1-12-8(11)5-2-3-6(9)7(10)4-5;1-4(2)3/h2-4H,9-10H2,1H3;. The first-order valence-corrected chi connectivity index (χ1v) is 6.66. The molecule has 0 heterocycles. The van der Waals surface area contributed by atoms with Crippen molar-refractivity contribution >= 4 is 47.9 Å². The van der Waals surface area contributed by atoms with Crippen molar-refractivity contribution in [1.29, 1.82) is 0 Å². The lowest BCUT2D eigenvalue weighted by Gasteiger charge is -2.02. The van der Waals surface area contributed by atoms with E-state index in [1.807, 2.05) is 0 Å². The van der Waals surface area contributed by atoms with E-state index in [0.717, 1.165) is 0 Å². The maximum absolute atomic E-state index is 11.0. The number of hydrogen-bond donors (Lipinski definition) is 2. The molecule has 0 aliphatic rings. The Bertz CT molecular complexity index is 397. The van der Waals surface area contributed by atoms with E-state index in [0.29, 0.717) is 16.9 Å². The fourth-order valence-electron chi connectivity index (χ4n) is 0.820. The Labute approximate surface area is 104 Å². The molecule has 4 N–H and O–H groups in total. The van der Waals surface area contributed by atoms with Crippen LogP contribution in [-0.4, -0.2) is 17.3 Å². The third-order valence-corrected chi connectivity index (χ3v) is 1.51. The first-order valence-electron chi connectivity index (χ1n) is 3.86. The number of nitrogen functional groups attached to an aromatic ring is 2. The summed E-state index contributed by atoms with van der Waals surface area (Å²) in [6, 6.07) is 4.63. The lowest BCUT2D eigenvalue weighted by Crippen LogP contribution is -2.03. The molecule has 1 aromatic carbocycles. The summed E-state index contributed by atoms with van der Waals surface area (Å²) in [5, 5.41) is 0. The van der Waals surface area contributed by atoms with Gasteiger partial charge in [0.1, 0.15) is 0 Å². The highest BCUT2D eigenvalue weighted by molar-refractivity contribution is 8.26. The highest BCUT2D eigenvalue weighted by Gasteiger charge is 2.05. The second kappa shape index (κ2) is 7.32. The molecule has 0 saturated carbocycles. The molecule has 0 aliphatic heterocycles. The van der Waals surface area contributed by atoms with Gasteiger partial charge in [-0.05, 0) is 18.2 Å². The molecule has 16 heavy (non-hydrogen) atoms. The van der Waals surface area contributed by atoms with Crippen molar-refractivity contribution in [2.75, 3.05) is 18.6 Å². The van der Waals surface area contributed by atoms with E-state index in [-0.39, 0.29) is 0 Å². The maximum Gasteiger partial charge on any atom is 0.337 e. The Morgan fingerprint density at radius 1 is 1.31 bits per heavy atom. The van der Waals surface area contributed by atoms with Crippen LogP contribution in [0.2, 0.25) is 0 Å². The maximum atomic E-state index is 11.0. The van der Waals surface area contributed by atoms with Crippen molar-refractivity contribution in [3.63, 3.8) is 0 Å². The molecule has 0 saturated heterocycles. The number of carbonyl (C=O) groups is 1. The average molecular weight is 285 g/mol. The lowest BCUT2D eigenvalue weighted by molar-refractivity contribution is 0.0601. The molecular formula is C8H10Cl2N2O3S. The highest BCUT2D eigenvalue weighted by Crippen LogP contribution is 2.16. The first-order chi connectivity index (χ1) is 7.38. The first kappa shape index (κ1) is 15.0. The van der Waals surface area contributed by atoms with Crippen molar-refractivity contribution in [3.05, 3.63) is 23.8 Å². The summed E-state index contributed by atoms with van der Waals surface area (Å²) < 4.78 is 13.6. The zero-order valence-electron chi connectivity index (χ0n) is 8.28. The van der Waals surface area contributed by atoms with Gasteiger partial charge in [0.05, 0.1) is 24.0 Å². The van der Waals surface area contributed by atoms with Gasteiger partial charge in [0.25, 0.3) is 0 Å². The predicted molar refractivity (Wildman–Crippen MR) is 66.5 cm³/mol. The van der Waals surface area contributed by atoms with Gasteiger partial charge in [0.2, 0.25) is 9.23 Å². The molecule has 0 unspecified atom stereocenters. The Morgan fingerprint density at radius 3 is 2.19 bits per heavy atom. The van der Waals surface area contributed by atoms with Gasteiger partial charge >= 0.3 is 5.97 Å². The van der Waals surface area contributed by atoms with Crippen LogP contribution < -0.4 is 11.5 Å². The van der Waals surface area contributed by atoms with E-state index in [1.165, 1.54) is 13.2 Å². The van der Waals surface area contributed by atoms with Gasteiger partial charge in [-0.2, -0.15) is 0 Å². The lowest BCUT2D eigenvalue weighted by atomic mass is 10.2. The predicted octanol–water partition coefficient (Wildman–Crippen LogP) is 1.68. The number of methoxy groups -OCH3 is 1. The van der Waals surface area contributed by atoms with Crippen LogP contribution in [0, 0.1) is 0 Å². The minimum atomic E-state index is -1.67. The van der Waals surface area contributed by atoms with E-state index in [1.54, 1.807) is 12.1 Å². The number of halogens is 2. The molecule has 0 amide bonds. The van der Waals surface area contributed by atoms with Gasteiger partial charge in [-0.15, -0.1) is 0 Å². The number of rotatable bonds is 1. The molecule has 1 aromatic rings. The van der Waals surface area contributed by atoms with Crippen molar-refractivity contribution in [2.45, 2.75) is 0 Å². The third kappa shape index (κ3) is 5.79. The van der Waals surface area contributed by atoms with Crippen LogP contribution in [0.25, 0.3) is 0 Å². The van der Waals surface area contributed by atoms with E-state index in [9.17, 15) is 4.79 Å². The Balaban J connectivity index is 0.000000487. The molecule has 0 radical (unpaired) electrons. The van der Waals surface area contributed by atoms with Crippen LogP contribution in [0.4, 0.5) is 11.4 Å². The average Bonchev–Trinajstić information content (AvgIpc) is 2.20. The van der Waals surface area contributed by atoms with Crippen LogP contribution in [0.15, 0.2) is 18.2 Å². The molecule has 5 nitrogen and oxygen atoms in total. The van der Waals surface area contributed by atoms with Crippen LogP contribution in [0.3, 0.4) is 0 Å². The van der Waals surface area contributed by atoms with E-state index in [2.05, 4.69) is 26.1 Å². The molecule has 0 aliphatic carbocycles. The number of nitrogens with two attached hydrogens (primary N) is 2. The van der Waals surface area contributed by atoms with Crippen LogP contribution in [0.1, 0.15) is 10.4 Å². The molecular weight excluding hydrogens is 275 g/mol. The number of esters is 1. The van der Waals surface area contributed by atoms with E-state index >= 15 is 0 Å². The summed E-state index contributed by atoms with van der Waals surface area (Å²) in [4.78, 5) is 11.0. The molecule has 1 rings (SSSR count). The van der Waals surface area contributed by atoms with Crippen LogP contribution in [0.5, 0.6) is 0 Å². The van der Waals surface area contributed by atoms with Crippen molar-refractivity contribution in [1.82, 2.24) is 0 Å². The fourth-order valence-corrected chi connectivity index (χ4v) is 0.820. The van der Waals surface area contributed by atoms with Crippen molar-refractivity contribution in [2.24, 2.45) is 0 Å². The minimum Gasteiger partial charge on any atom is -0.465 e. The summed E-state index contributed by atoms with van der Waals surface area (Å²) in [7, 11) is 8.67. The van der Waals surface area contributed by atoms with E-state index in [4.69, 9.17) is 15.7 Å². The molecule has 8 heteroatoms. The number of ether oxygens (including phenoxy) is 1. The monoisotopic (exact) mass is 284 g/mol. The molecule has 0 spiro atoms. The number of hydrogen-bond acceptors (Lipinski definition) is 5. The summed E-state index contributed by atoms with van der Waals surface area (Å²) in [6.45, 7) is 0. The zero-order chi connectivity index (χ0) is 12.7. The number of anilines is 2. The minimum absolute atomic E-state index is 0.387. The third-order valence-electron chi connectivity index (χ3n) is 1.51. The van der Waals surface area contributed by atoms with Gasteiger partial charge in [-0.3, -0.25) is 0 Å². The van der Waals surface area contributed by atoms with Gasteiger partial charge in [0.15, 0.2) is 0 Å². The molecule has 0 fully saturated rings. The number of benzene rings is 1. The van der Waals surface area contributed by atoms with E-state index < -0.39 is 15.2 Å². The molecule has 0 bridgehead atoms. The topological polar surface area (TPSA) is 95.4 Å².